The Labute approximate surface area is 142 Å². The maximum atomic E-state index is 12.2. The van der Waals surface area contributed by atoms with E-state index in [2.05, 4.69) is 0 Å². The van der Waals surface area contributed by atoms with Crippen LogP contribution >= 0.6 is 0 Å². The van der Waals surface area contributed by atoms with E-state index in [1.807, 2.05) is 32.0 Å². The molecule has 1 saturated heterocycles. The molecule has 1 aliphatic heterocycles. The summed E-state index contributed by atoms with van der Waals surface area (Å²) in [4.78, 5) is 24.8. The average Bonchev–Trinajstić information content (AvgIpc) is 2.57. The van der Waals surface area contributed by atoms with Crippen LogP contribution in [0.2, 0.25) is 0 Å². The number of carboxylic acid groups (broad SMARTS) is 1. The van der Waals surface area contributed by atoms with Gasteiger partial charge in [-0.25, -0.2) is 4.79 Å². The van der Waals surface area contributed by atoms with Crippen molar-refractivity contribution in [2.75, 3.05) is 26.4 Å². The zero-order valence-corrected chi connectivity index (χ0v) is 14.3. The van der Waals surface area contributed by atoms with Crippen molar-refractivity contribution < 1.29 is 24.2 Å². The van der Waals surface area contributed by atoms with Crippen LogP contribution in [0.4, 0.5) is 0 Å². The first-order valence-electron chi connectivity index (χ1n) is 8.29. The second-order valence-corrected chi connectivity index (χ2v) is 6.09. The third kappa shape index (κ3) is 4.96. The Morgan fingerprint density at radius 2 is 2.12 bits per heavy atom. The van der Waals surface area contributed by atoms with Gasteiger partial charge in [0.05, 0.1) is 19.8 Å². The summed E-state index contributed by atoms with van der Waals surface area (Å²) in [5, 5.41) is 9.15. The monoisotopic (exact) mass is 335 g/mol. The van der Waals surface area contributed by atoms with E-state index in [4.69, 9.17) is 14.6 Å². The summed E-state index contributed by atoms with van der Waals surface area (Å²) >= 11 is 0. The van der Waals surface area contributed by atoms with Gasteiger partial charge in [0.25, 0.3) is 0 Å². The Hall–Kier alpha value is -2.08. The Kier molecular flexibility index (Phi) is 6.61. The lowest BCUT2D eigenvalue weighted by Crippen LogP contribution is -2.52. The van der Waals surface area contributed by atoms with E-state index in [0.29, 0.717) is 32.6 Å². The van der Waals surface area contributed by atoms with E-state index in [-0.39, 0.29) is 12.5 Å². The van der Waals surface area contributed by atoms with Crippen LogP contribution in [-0.2, 0) is 14.3 Å². The van der Waals surface area contributed by atoms with Gasteiger partial charge < -0.3 is 19.5 Å². The smallest absolute Gasteiger partial charge is 0.328 e. The first-order valence-corrected chi connectivity index (χ1v) is 8.29. The molecule has 1 atom stereocenters. The molecule has 0 aromatic heterocycles. The lowest BCUT2D eigenvalue weighted by Gasteiger charge is -2.32. The number of unbranched alkanes of at least 4 members (excludes halogenated alkanes) is 1. The summed E-state index contributed by atoms with van der Waals surface area (Å²) in [7, 11) is 0. The van der Waals surface area contributed by atoms with Crippen LogP contribution in [0.25, 0.3) is 0 Å². The number of carboxylic acids is 1. The topological polar surface area (TPSA) is 76.1 Å². The predicted molar refractivity (Wildman–Crippen MR) is 89.2 cm³/mol. The lowest BCUT2D eigenvalue weighted by molar-refractivity contribution is -0.158. The molecular formula is C18H25NO5. The van der Waals surface area contributed by atoms with Crippen LogP contribution < -0.4 is 4.74 Å². The summed E-state index contributed by atoms with van der Waals surface area (Å²) < 4.78 is 10.9. The SMILES string of the molecule is Cc1ccc(C)c(OCCCCC(=O)N2CCOC[C@H]2C(=O)O)c1. The number of nitrogens with zero attached hydrogens (tertiary/aromatic N) is 1. The normalized spacial score (nSPS) is 17.6. The maximum Gasteiger partial charge on any atom is 0.328 e. The summed E-state index contributed by atoms with van der Waals surface area (Å²) in [6.07, 6.45) is 1.76. The average molecular weight is 335 g/mol. The van der Waals surface area contributed by atoms with Crippen molar-refractivity contribution in [3.8, 4) is 5.75 Å². The van der Waals surface area contributed by atoms with Gasteiger partial charge in [0.15, 0.2) is 6.04 Å². The summed E-state index contributed by atoms with van der Waals surface area (Å²) in [5.41, 5.74) is 2.24. The Balaban J connectivity index is 1.72. The van der Waals surface area contributed by atoms with Crippen molar-refractivity contribution in [1.29, 1.82) is 0 Å². The van der Waals surface area contributed by atoms with Crippen molar-refractivity contribution in [2.24, 2.45) is 0 Å². The number of rotatable bonds is 7. The highest BCUT2D eigenvalue weighted by atomic mass is 16.5. The number of hydrogen-bond acceptors (Lipinski definition) is 4. The summed E-state index contributed by atoms with van der Waals surface area (Å²) in [5.74, 6) is -0.265. The van der Waals surface area contributed by atoms with Crippen LogP contribution in [0.15, 0.2) is 18.2 Å². The molecule has 0 aliphatic carbocycles. The summed E-state index contributed by atoms with van der Waals surface area (Å²) in [6, 6.07) is 5.21. The molecule has 24 heavy (non-hydrogen) atoms. The van der Waals surface area contributed by atoms with E-state index < -0.39 is 12.0 Å². The zero-order valence-electron chi connectivity index (χ0n) is 14.3. The molecule has 0 saturated carbocycles. The Morgan fingerprint density at radius 1 is 1.33 bits per heavy atom. The standard InChI is InChI=1S/C18H25NO5/c1-13-6-7-14(2)16(11-13)24-9-4-3-5-17(20)19-8-10-23-12-15(19)18(21)22/h6-7,11,15H,3-5,8-10,12H2,1-2H3,(H,21,22)/t15-/m0/s1. The van der Waals surface area contributed by atoms with E-state index >= 15 is 0 Å². The van der Waals surface area contributed by atoms with E-state index in [9.17, 15) is 9.59 Å². The van der Waals surface area contributed by atoms with Crippen molar-refractivity contribution >= 4 is 11.9 Å². The van der Waals surface area contributed by atoms with Crippen LogP contribution in [0, 0.1) is 13.8 Å². The fourth-order valence-electron chi connectivity index (χ4n) is 2.67. The Morgan fingerprint density at radius 3 is 2.88 bits per heavy atom. The minimum Gasteiger partial charge on any atom is -0.493 e. The second-order valence-electron chi connectivity index (χ2n) is 6.09. The van der Waals surface area contributed by atoms with Gasteiger partial charge in [-0.05, 0) is 43.9 Å². The molecule has 6 nitrogen and oxygen atoms in total. The molecule has 132 valence electrons. The van der Waals surface area contributed by atoms with Gasteiger partial charge in [-0.15, -0.1) is 0 Å². The Bertz CT molecular complexity index is 587. The van der Waals surface area contributed by atoms with Gasteiger partial charge in [0.1, 0.15) is 5.75 Å². The number of aryl methyl sites for hydroxylation is 2. The van der Waals surface area contributed by atoms with Crippen molar-refractivity contribution in [3.63, 3.8) is 0 Å². The molecule has 1 fully saturated rings. The van der Waals surface area contributed by atoms with Crippen molar-refractivity contribution in [2.45, 2.75) is 39.2 Å². The quantitative estimate of drug-likeness (QED) is 0.773. The van der Waals surface area contributed by atoms with Gasteiger partial charge in [-0.3, -0.25) is 4.79 Å². The largest absolute Gasteiger partial charge is 0.493 e. The van der Waals surface area contributed by atoms with E-state index in [0.717, 1.165) is 23.3 Å². The molecule has 1 aromatic carbocycles. The lowest BCUT2D eigenvalue weighted by atomic mass is 10.1. The minimum absolute atomic E-state index is 0.0663. The van der Waals surface area contributed by atoms with Gasteiger partial charge >= 0.3 is 5.97 Å². The fourth-order valence-corrected chi connectivity index (χ4v) is 2.67. The number of amides is 1. The number of carbonyl (C=O) groups excluding carboxylic acids is 1. The van der Waals surface area contributed by atoms with Gasteiger partial charge in [0.2, 0.25) is 5.91 Å². The number of aliphatic carboxylic acids is 1. The van der Waals surface area contributed by atoms with Crippen LogP contribution in [-0.4, -0.2) is 54.3 Å². The van der Waals surface area contributed by atoms with Crippen LogP contribution in [0.5, 0.6) is 5.75 Å². The molecule has 0 unspecified atom stereocenters. The first-order chi connectivity index (χ1) is 11.5. The number of carbonyl (C=O) groups is 2. The number of ether oxygens (including phenoxy) is 2. The highest BCUT2D eigenvalue weighted by molar-refractivity contribution is 5.83. The molecule has 0 bridgehead atoms. The molecule has 1 heterocycles. The molecule has 1 N–H and O–H groups in total. The van der Waals surface area contributed by atoms with Crippen molar-refractivity contribution in [3.05, 3.63) is 29.3 Å². The number of hydrogen-bond donors (Lipinski definition) is 1. The van der Waals surface area contributed by atoms with E-state index in [1.165, 1.54) is 4.90 Å². The van der Waals surface area contributed by atoms with Crippen LogP contribution in [0.1, 0.15) is 30.4 Å². The highest BCUT2D eigenvalue weighted by Gasteiger charge is 2.32. The summed E-state index contributed by atoms with van der Waals surface area (Å²) in [6.45, 7) is 5.37. The first kappa shape index (κ1) is 18.3. The van der Waals surface area contributed by atoms with Crippen LogP contribution in [0.3, 0.4) is 0 Å². The van der Waals surface area contributed by atoms with Gasteiger partial charge in [0, 0.05) is 13.0 Å². The molecule has 1 aromatic rings. The molecule has 2 rings (SSSR count). The molecule has 0 spiro atoms. The molecule has 0 radical (unpaired) electrons. The molecule has 1 aliphatic rings. The minimum atomic E-state index is -1.01. The van der Waals surface area contributed by atoms with Crippen molar-refractivity contribution in [1.82, 2.24) is 4.90 Å². The highest BCUT2D eigenvalue weighted by Crippen LogP contribution is 2.19. The van der Waals surface area contributed by atoms with E-state index in [1.54, 1.807) is 0 Å². The predicted octanol–water partition coefficient (Wildman–Crippen LogP) is 2.16. The molecular weight excluding hydrogens is 310 g/mol. The van der Waals surface area contributed by atoms with Gasteiger partial charge in [-0.1, -0.05) is 12.1 Å². The second kappa shape index (κ2) is 8.68. The molecule has 6 heteroatoms. The zero-order chi connectivity index (χ0) is 17.5. The number of morpholine rings is 1. The molecule has 1 amide bonds. The van der Waals surface area contributed by atoms with Gasteiger partial charge in [-0.2, -0.15) is 0 Å². The number of benzene rings is 1. The third-order valence-corrected chi connectivity index (χ3v) is 4.12. The maximum absolute atomic E-state index is 12.2. The fraction of sp³-hybridized carbons (Fsp3) is 0.556. The third-order valence-electron chi connectivity index (χ3n) is 4.12.